The summed E-state index contributed by atoms with van der Waals surface area (Å²) in [5.41, 5.74) is 1.82. The molecule has 1 aromatic carbocycles. The molecular weight excluding hydrogens is 316 g/mol. The number of urea groups is 1. The Morgan fingerprint density at radius 2 is 2.13 bits per heavy atom. The maximum absolute atomic E-state index is 12.4. The third-order valence-corrected chi connectivity index (χ3v) is 3.96. The predicted octanol–water partition coefficient (Wildman–Crippen LogP) is 3.65. The Bertz CT molecular complexity index is 642. The van der Waals surface area contributed by atoms with E-state index in [4.69, 9.17) is 16.3 Å². The van der Waals surface area contributed by atoms with Crippen molar-refractivity contribution in [3.63, 3.8) is 0 Å². The van der Waals surface area contributed by atoms with Crippen LogP contribution in [0.4, 0.5) is 4.79 Å². The minimum absolute atomic E-state index is 0.220. The van der Waals surface area contributed by atoms with Gasteiger partial charge in [0.2, 0.25) is 0 Å². The summed E-state index contributed by atoms with van der Waals surface area (Å²) in [6.45, 7) is 6.34. The number of nitrogens with zero attached hydrogens (tertiary/aromatic N) is 1. The molecule has 0 fully saturated rings. The summed E-state index contributed by atoms with van der Waals surface area (Å²) >= 11 is 6.05. The maximum Gasteiger partial charge on any atom is 0.338 e. The van der Waals surface area contributed by atoms with Gasteiger partial charge in [0.25, 0.3) is 0 Å². The van der Waals surface area contributed by atoms with Crippen molar-refractivity contribution >= 4 is 23.6 Å². The topological polar surface area (TPSA) is 58.6 Å². The molecule has 1 atom stereocenters. The van der Waals surface area contributed by atoms with Crippen molar-refractivity contribution in [1.29, 1.82) is 0 Å². The van der Waals surface area contributed by atoms with E-state index in [0.29, 0.717) is 22.8 Å². The number of halogens is 1. The molecule has 0 spiro atoms. The smallest absolute Gasteiger partial charge is 0.338 e. The van der Waals surface area contributed by atoms with Crippen molar-refractivity contribution < 1.29 is 14.3 Å². The Hall–Kier alpha value is -2.01. The van der Waals surface area contributed by atoms with E-state index in [-0.39, 0.29) is 12.6 Å². The second-order valence-corrected chi connectivity index (χ2v) is 5.75. The lowest BCUT2D eigenvalue weighted by molar-refractivity contribution is -0.139. The van der Waals surface area contributed by atoms with Crippen LogP contribution in [-0.4, -0.2) is 30.1 Å². The summed E-state index contributed by atoms with van der Waals surface area (Å²) in [5, 5.41) is 3.43. The van der Waals surface area contributed by atoms with E-state index in [2.05, 4.69) is 5.32 Å². The summed E-state index contributed by atoms with van der Waals surface area (Å²) in [7, 11) is 0. The lowest BCUT2D eigenvalue weighted by Crippen LogP contribution is -2.48. The molecule has 5 nitrogen and oxygen atoms in total. The Kier molecular flexibility index (Phi) is 5.66. The van der Waals surface area contributed by atoms with Gasteiger partial charge < -0.3 is 10.1 Å². The Labute approximate surface area is 141 Å². The van der Waals surface area contributed by atoms with Crippen molar-refractivity contribution in [2.24, 2.45) is 0 Å². The standard InChI is InChI=1S/C17H21ClN2O3/c1-4-9-20-11(3)14(16(21)23-5-2)15(19-17(20)22)12-7-6-8-13(18)10-12/h6-8,10,15H,4-5,9H2,1-3H3,(H,19,22)/t15-/m1/s1. The fourth-order valence-electron chi connectivity index (χ4n) is 2.68. The van der Waals surface area contributed by atoms with Crippen molar-refractivity contribution in [3.05, 3.63) is 46.1 Å². The number of carbonyl (C=O) groups is 2. The molecule has 1 aliphatic rings. The first-order chi connectivity index (χ1) is 11.0. The fourth-order valence-corrected chi connectivity index (χ4v) is 2.88. The quantitative estimate of drug-likeness (QED) is 0.835. The van der Waals surface area contributed by atoms with Crippen molar-refractivity contribution in [3.8, 4) is 0 Å². The number of nitrogens with one attached hydrogen (secondary N) is 1. The highest BCUT2D eigenvalue weighted by atomic mass is 35.5. The van der Waals surface area contributed by atoms with Gasteiger partial charge in [-0.05, 0) is 38.0 Å². The fraction of sp³-hybridized carbons (Fsp3) is 0.412. The molecule has 0 unspecified atom stereocenters. The van der Waals surface area contributed by atoms with Crippen LogP contribution in [0, 0.1) is 0 Å². The zero-order chi connectivity index (χ0) is 17.0. The summed E-state index contributed by atoms with van der Waals surface area (Å²) < 4.78 is 5.19. The number of hydrogen-bond acceptors (Lipinski definition) is 3. The first-order valence-electron chi connectivity index (χ1n) is 7.71. The van der Waals surface area contributed by atoms with Crippen molar-refractivity contribution in [2.75, 3.05) is 13.2 Å². The lowest BCUT2D eigenvalue weighted by atomic mass is 9.95. The highest BCUT2D eigenvalue weighted by molar-refractivity contribution is 6.30. The summed E-state index contributed by atoms with van der Waals surface area (Å²) in [5.74, 6) is -0.420. The average Bonchev–Trinajstić information content (AvgIpc) is 2.51. The van der Waals surface area contributed by atoms with Crippen molar-refractivity contribution in [1.82, 2.24) is 10.2 Å². The summed E-state index contributed by atoms with van der Waals surface area (Å²) in [4.78, 5) is 26.4. The molecule has 1 heterocycles. The van der Waals surface area contributed by atoms with Gasteiger partial charge in [0.1, 0.15) is 0 Å². The monoisotopic (exact) mass is 336 g/mol. The molecule has 2 rings (SSSR count). The van der Waals surface area contributed by atoms with Gasteiger partial charge in [-0.2, -0.15) is 0 Å². The molecule has 6 heteroatoms. The molecule has 1 N–H and O–H groups in total. The maximum atomic E-state index is 12.4. The summed E-state index contributed by atoms with van der Waals surface area (Å²) in [6.07, 6.45) is 0.794. The van der Waals surface area contributed by atoms with Crippen LogP contribution in [-0.2, 0) is 9.53 Å². The molecule has 124 valence electrons. The Morgan fingerprint density at radius 3 is 2.74 bits per heavy atom. The van der Waals surface area contributed by atoms with E-state index < -0.39 is 12.0 Å². The van der Waals surface area contributed by atoms with E-state index >= 15 is 0 Å². The number of hydrogen-bond donors (Lipinski definition) is 1. The number of benzene rings is 1. The highest BCUT2D eigenvalue weighted by Gasteiger charge is 2.36. The molecule has 0 radical (unpaired) electrons. The van der Waals surface area contributed by atoms with Crippen LogP contribution in [0.2, 0.25) is 5.02 Å². The molecule has 0 saturated heterocycles. The molecule has 2 amide bonds. The third-order valence-electron chi connectivity index (χ3n) is 3.72. The zero-order valence-electron chi connectivity index (χ0n) is 13.6. The van der Waals surface area contributed by atoms with E-state index in [0.717, 1.165) is 12.0 Å². The van der Waals surface area contributed by atoms with E-state index in [1.165, 1.54) is 0 Å². The Balaban J connectivity index is 2.51. The minimum atomic E-state index is -0.562. The molecule has 23 heavy (non-hydrogen) atoms. The number of allylic oxidation sites excluding steroid dienone is 1. The Morgan fingerprint density at radius 1 is 1.39 bits per heavy atom. The van der Waals surface area contributed by atoms with Gasteiger partial charge in [-0.25, -0.2) is 9.59 Å². The van der Waals surface area contributed by atoms with Gasteiger partial charge in [0.05, 0.1) is 18.2 Å². The first-order valence-corrected chi connectivity index (χ1v) is 8.08. The number of carbonyl (C=O) groups excluding carboxylic acids is 2. The highest BCUT2D eigenvalue weighted by Crippen LogP contribution is 2.32. The largest absolute Gasteiger partial charge is 0.463 e. The van der Waals surface area contributed by atoms with Crippen LogP contribution >= 0.6 is 11.6 Å². The third kappa shape index (κ3) is 3.67. The number of rotatable bonds is 5. The number of amides is 2. The van der Waals surface area contributed by atoms with Crippen LogP contribution in [0.1, 0.15) is 38.8 Å². The molecule has 0 aliphatic carbocycles. The van der Waals surface area contributed by atoms with Gasteiger partial charge >= 0.3 is 12.0 Å². The molecule has 1 aromatic rings. The van der Waals surface area contributed by atoms with Gasteiger partial charge in [0, 0.05) is 17.3 Å². The lowest BCUT2D eigenvalue weighted by Gasteiger charge is -2.35. The SMILES string of the molecule is CCCN1C(=O)N[C@H](c2cccc(Cl)c2)C(C(=O)OCC)=C1C. The second kappa shape index (κ2) is 7.51. The molecular formula is C17H21ClN2O3. The molecule has 1 aliphatic heterocycles. The van der Waals surface area contributed by atoms with Crippen LogP contribution in [0.5, 0.6) is 0 Å². The van der Waals surface area contributed by atoms with Crippen LogP contribution < -0.4 is 5.32 Å². The van der Waals surface area contributed by atoms with Crippen LogP contribution in [0.15, 0.2) is 35.5 Å². The average molecular weight is 337 g/mol. The van der Waals surface area contributed by atoms with Crippen molar-refractivity contribution in [2.45, 2.75) is 33.2 Å². The molecule has 0 saturated carbocycles. The number of ether oxygens (including phenoxy) is 1. The molecule has 0 aromatic heterocycles. The van der Waals surface area contributed by atoms with Crippen LogP contribution in [0.25, 0.3) is 0 Å². The van der Waals surface area contributed by atoms with E-state index in [1.807, 2.05) is 13.0 Å². The molecule has 0 bridgehead atoms. The second-order valence-electron chi connectivity index (χ2n) is 5.31. The predicted molar refractivity (Wildman–Crippen MR) is 89.1 cm³/mol. The van der Waals surface area contributed by atoms with Gasteiger partial charge in [-0.1, -0.05) is 30.7 Å². The minimum Gasteiger partial charge on any atom is -0.463 e. The normalized spacial score (nSPS) is 18.0. The van der Waals surface area contributed by atoms with E-state index in [9.17, 15) is 9.59 Å². The first kappa shape index (κ1) is 17.3. The van der Waals surface area contributed by atoms with Gasteiger partial charge in [-0.15, -0.1) is 0 Å². The van der Waals surface area contributed by atoms with E-state index in [1.54, 1.807) is 36.9 Å². The number of esters is 1. The summed E-state index contributed by atoms with van der Waals surface area (Å²) in [6, 6.07) is 6.34. The van der Waals surface area contributed by atoms with Crippen LogP contribution in [0.3, 0.4) is 0 Å². The zero-order valence-corrected chi connectivity index (χ0v) is 14.3. The van der Waals surface area contributed by atoms with Gasteiger partial charge in [0.15, 0.2) is 0 Å². The van der Waals surface area contributed by atoms with Gasteiger partial charge in [-0.3, -0.25) is 4.90 Å².